The van der Waals surface area contributed by atoms with Crippen molar-refractivity contribution in [2.24, 2.45) is 10.9 Å². The van der Waals surface area contributed by atoms with Gasteiger partial charge in [0.15, 0.2) is 0 Å². The number of carbonyl (C=O) groups is 2. The van der Waals surface area contributed by atoms with E-state index >= 15 is 0 Å². The third-order valence-electron chi connectivity index (χ3n) is 3.32. The van der Waals surface area contributed by atoms with Crippen LogP contribution >= 0.6 is 0 Å². The number of hydrogen-bond donors (Lipinski definition) is 0. The van der Waals surface area contributed by atoms with Crippen LogP contribution in [0.25, 0.3) is 0 Å². The van der Waals surface area contributed by atoms with E-state index in [0.717, 1.165) is 11.3 Å². The van der Waals surface area contributed by atoms with E-state index in [1.54, 1.807) is 12.1 Å². The van der Waals surface area contributed by atoms with Crippen molar-refractivity contribution >= 4 is 17.7 Å². The molecule has 0 spiro atoms. The summed E-state index contributed by atoms with van der Waals surface area (Å²) in [5.41, 5.74) is 1.79. The molecule has 1 aromatic carbocycles. The van der Waals surface area contributed by atoms with Gasteiger partial charge in [0.05, 0.1) is 25.1 Å². The molecular weight excluding hydrogens is 282 g/mol. The molecule has 1 aliphatic heterocycles. The van der Waals surface area contributed by atoms with Gasteiger partial charge in [-0.05, 0) is 38.5 Å². The lowest BCUT2D eigenvalue weighted by Gasteiger charge is -2.21. The molecule has 22 heavy (non-hydrogen) atoms. The van der Waals surface area contributed by atoms with E-state index in [1.807, 2.05) is 32.9 Å². The second-order valence-corrected chi connectivity index (χ2v) is 6.29. The highest BCUT2D eigenvalue weighted by atomic mass is 16.6. The molecule has 0 amide bonds. The number of hydrogen-bond acceptors (Lipinski definition) is 5. The number of esters is 2. The maximum absolute atomic E-state index is 12.1. The highest BCUT2D eigenvalue weighted by molar-refractivity contribution is 6.04. The molecule has 0 aliphatic carbocycles. The number of ether oxygens (including phenoxy) is 2. The molecule has 0 N–H and O–H groups in total. The second-order valence-electron chi connectivity index (χ2n) is 6.29. The Labute approximate surface area is 130 Å². The average Bonchev–Trinajstić information content (AvgIpc) is 2.95. The van der Waals surface area contributed by atoms with Crippen LogP contribution in [0.15, 0.2) is 29.3 Å². The van der Waals surface area contributed by atoms with Crippen LogP contribution in [-0.4, -0.2) is 36.9 Å². The molecule has 1 heterocycles. The Balaban J connectivity index is 2.01. The third-order valence-corrected chi connectivity index (χ3v) is 3.32. The van der Waals surface area contributed by atoms with Gasteiger partial charge in [0.25, 0.3) is 0 Å². The predicted molar refractivity (Wildman–Crippen MR) is 83.1 cm³/mol. The fourth-order valence-corrected chi connectivity index (χ4v) is 2.25. The Bertz CT molecular complexity index is 596. The van der Waals surface area contributed by atoms with E-state index in [9.17, 15) is 9.59 Å². The first-order chi connectivity index (χ1) is 10.3. The van der Waals surface area contributed by atoms with Gasteiger partial charge in [-0.25, -0.2) is 4.79 Å². The number of carbonyl (C=O) groups excluding carboxylic acids is 2. The summed E-state index contributed by atoms with van der Waals surface area (Å²) in [5, 5.41) is 0. The van der Waals surface area contributed by atoms with E-state index in [1.165, 1.54) is 7.11 Å². The summed E-state index contributed by atoms with van der Waals surface area (Å²) < 4.78 is 10.1. The first kappa shape index (κ1) is 16.2. The van der Waals surface area contributed by atoms with E-state index in [2.05, 4.69) is 9.73 Å². The fourth-order valence-electron chi connectivity index (χ4n) is 2.25. The van der Waals surface area contributed by atoms with Crippen molar-refractivity contribution in [3.05, 3.63) is 35.4 Å². The van der Waals surface area contributed by atoms with E-state index < -0.39 is 5.60 Å². The van der Waals surface area contributed by atoms with Crippen molar-refractivity contribution in [1.82, 2.24) is 0 Å². The van der Waals surface area contributed by atoms with Crippen LogP contribution in [0.5, 0.6) is 0 Å². The topological polar surface area (TPSA) is 65.0 Å². The summed E-state index contributed by atoms with van der Waals surface area (Å²) in [5.74, 6) is -0.807. The van der Waals surface area contributed by atoms with E-state index in [-0.39, 0.29) is 17.9 Å². The molecule has 0 saturated carbocycles. The number of nitrogens with zero attached hydrogens (tertiary/aromatic N) is 1. The lowest BCUT2D eigenvalue weighted by molar-refractivity contribution is -0.159. The van der Waals surface area contributed by atoms with Crippen LogP contribution in [0.2, 0.25) is 0 Å². The smallest absolute Gasteiger partial charge is 0.337 e. The summed E-state index contributed by atoms with van der Waals surface area (Å²) in [6, 6.07) is 7.04. The van der Waals surface area contributed by atoms with Gasteiger partial charge >= 0.3 is 11.9 Å². The van der Waals surface area contributed by atoms with Gasteiger partial charge in [0, 0.05) is 12.1 Å². The molecule has 2 rings (SSSR count). The number of aliphatic imine (C=N–C) groups is 1. The summed E-state index contributed by atoms with van der Waals surface area (Å²) in [7, 11) is 1.35. The van der Waals surface area contributed by atoms with Crippen LogP contribution in [0, 0.1) is 5.92 Å². The number of methoxy groups -OCH3 is 1. The molecule has 118 valence electrons. The van der Waals surface area contributed by atoms with Gasteiger partial charge < -0.3 is 9.47 Å². The van der Waals surface area contributed by atoms with Gasteiger partial charge in [-0.2, -0.15) is 0 Å². The van der Waals surface area contributed by atoms with Crippen molar-refractivity contribution in [2.75, 3.05) is 13.7 Å². The molecule has 0 fully saturated rings. The lowest BCUT2D eigenvalue weighted by Crippen LogP contribution is -2.29. The van der Waals surface area contributed by atoms with E-state index in [4.69, 9.17) is 4.74 Å². The monoisotopic (exact) mass is 303 g/mol. The minimum Gasteiger partial charge on any atom is -0.465 e. The molecule has 0 saturated heterocycles. The van der Waals surface area contributed by atoms with E-state index in [0.29, 0.717) is 18.5 Å². The first-order valence-electron chi connectivity index (χ1n) is 7.25. The average molecular weight is 303 g/mol. The lowest BCUT2D eigenvalue weighted by atomic mass is 10.00. The zero-order chi connectivity index (χ0) is 16.3. The Morgan fingerprint density at radius 1 is 1.18 bits per heavy atom. The Kier molecular flexibility index (Phi) is 4.64. The maximum atomic E-state index is 12.1. The molecule has 0 aromatic heterocycles. The minimum atomic E-state index is -0.484. The molecule has 5 nitrogen and oxygen atoms in total. The SMILES string of the molecule is COC(=O)c1ccc(C2=NCC(C(=O)OC(C)(C)C)C2)cc1. The van der Waals surface area contributed by atoms with Crippen LogP contribution in [0.4, 0.5) is 0 Å². The summed E-state index contributed by atoms with van der Waals surface area (Å²) in [6.45, 7) is 6.01. The molecular formula is C17H21NO4. The molecule has 0 radical (unpaired) electrons. The second kappa shape index (κ2) is 6.30. The number of rotatable bonds is 3. The largest absolute Gasteiger partial charge is 0.465 e. The van der Waals surface area contributed by atoms with Crippen molar-refractivity contribution in [2.45, 2.75) is 32.8 Å². The quantitative estimate of drug-likeness (QED) is 0.805. The normalized spacial score (nSPS) is 17.8. The molecule has 1 aromatic rings. The Morgan fingerprint density at radius 2 is 1.82 bits per heavy atom. The zero-order valence-corrected chi connectivity index (χ0v) is 13.4. The highest BCUT2D eigenvalue weighted by Crippen LogP contribution is 2.22. The summed E-state index contributed by atoms with van der Waals surface area (Å²) in [4.78, 5) is 27.9. The van der Waals surface area contributed by atoms with Gasteiger partial charge in [0.1, 0.15) is 5.60 Å². The molecule has 0 bridgehead atoms. The highest BCUT2D eigenvalue weighted by Gasteiger charge is 2.30. The molecule has 1 aliphatic rings. The van der Waals surface area contributed by atoms with Crippen LogP contribution in [0.1, 0.15) is 43.1 Å². The summed E-state index contributed by atoms with van der Waals surface area (Å²) >= 11 is 0. The third kappa shape index (κ3) is 3.93. The van der Waals surface area contributed by atoms with Crippen molar-refractivity contribution < 1.29 is 19.1 Å². The maximum Gasteiger partial charge on any atom is 0.337 e. The van der Waals surface area contributed by atoms with Crippen molar-refractivity contribution in [1.29, 1.82) is 0 Å². The van der Waals surface area contributed by atoms with Gasteiger partial charge in [-0.1, -0.05) is 12.1 Å². The molecule has 5 heteroatoms. The Morgan fingerprint density at radius 3 is 2.36 bits per heavy atom. The van der Waals surface area contributed by atoms with Crippen LogP contribution < -0.4 is 0 Å². The van der Waals surface area contributed by atoms with Crippen molar-refractivity contribution in [3.63, 3.8) is 0 Å². The van der Waals surface area contributed by atoms with Gasteiger partial charge in [-0.15, -0.1) is 0 Å². The van der Waals surface area contributed by atoms with Crippen LogP contribution in [0.3, 0.4) is 0 Å². The predicted octanol–water partition coefficient (Wildman–Crippen LogP) is 2.62. The standard InChI is InChI=1S/C17H21NO4/c1-17(2,3)22-16(20)13-9-14(18-10-13)11-5-7-12(8-6-11)15(19)21-4/h5-8,13H,9-10H2,1-4H3. The van der Waals surface area contributed by atoms with Crippen molar-refractivity contribution in [3.8, 4) is 0 Å². The zero-order valence-electron chi connectivity index (χ0n) is 13.4. The first-order valence-corrected chi connectivity index (χ1v) is 7.25. The Hall–Kier alpha value is -2.17. The summed E-state index contributed by atoms with van der Waals surface area (Å²) in [6.07, 6.45) is 0.562. The molecule has 1 atom stereocenters. The minimum absolute atomic E-state index is 0.211. The van der Waals surface area contributed by atoms with Crippen LogP contribution in [-0.2, 0) is 14.3 Å². The van der Waals surface area contributed by atoms with Gasteiger partial charge in [0.2, 0.25) is 0 Å². The fraction of sp³-hybridized carbons (Fsp3) is 0.471. The van der Waals surface area contributed by atoms with Gasteiger partial charge in [-0.3, -0.25) is 9.79 Å². The number of benzene rings is 1. The molecule has 1 unspecified atom stereocenters.